The third-order valence-electron chi connectivity index (χ3n) is 2.61. The standard InChI is InChI=1S/C14H13N3O4S/c1-8-7-22-14(15-8)17-12(19)11(18)16-10-5-3-9(4-6-10)13(20)21-2/h3-7H,1-2H3,(H,16,18)(H,15,17,19). The number of methoxy groups -OCH3 is 1. The number of anilines is 2. The number of benzene rings is 1. The second-order valence-corrected chi connectivity index (χ2v) is 5.13. The van der Waals surface area contributed by atoms with Crippen LogP contribution in [0.4, 0.5) is 10.8 Å². The number of carbonyl (C=O) groups is 3. The maximum Gasteiger partial charge on any atom is 0.337 e. The van der Waals surface area contributed by atoms with Gasteiger partial charge in [0.25, 0.3) is 0 Å². The molecule has 7 nitrogen and oxygen atoms in total. The number of hydrogen-bond acceptors (Lipinski definition) is 6. The summed E-state index contributed by atoms with van der Waals surface area (Å²) in [6.07, 6.45) is 0. The van der Waals surface area contributed by atoms with E-state index >= 15 is 0 Å². The summed E-state index contributed by atoms with van der Waals surface area (Å²) in [5.41, 5.74) is 1.51. The van der Waals surface area contributed by atoms with Gasteiger partial charge in [0.2, 0.25) is 0 Å². The number of ether oxygens (including phenoxy) is 1. The van der Waals surface area contributed by atoms with Gasteiger partial charge in [-0.3, -0.25) is 14.9 Å². The van der Waals surface area contributed by atoms with Crippen LogP contribution in [0.25, 0.3) is 0 Å². The van der Waals surface area contributed by atoms with Gasteiger partial charge in [0.15, 0.2) is 5.13 Å². The predicted molar refractivity (Wildman–Crippen MR) is 81.9 cm³/mol. The Kier molecular flexibility index (Phi) is 4.84. The molecule has 0 aliphatic rings. The van der Waals surface area contributed by atoms with Crippen LogP contribution in [-0.4, -0.2) is 29.9 Å². The molecule has 1 heterocycles. The summed E-state index contributed by atoms with van der Waals surface area (Å²) in [7, 11) is 1.28. The Morgan fingerprint density at radius 1 is 1.09 bits per heavy atom. The van der Waals surface area contributed by atoms with Crippen LogP contribution in [0.3, 0.4) is 0 Å². The molecule has 0 spiro atoms. The molecule has 1 aromatic heterocycles. The van der Waals surface area contributed by atoms with Crippen molar-refractivity contribution < 1.29 is 19.1 Å². The average molecular weight is 319 g/mol. The van der Waals surface area contributed by atoms with Crippen molar-refractivity contribution in [2.45, 2.75) is 6.92 Å². The number of aromatic nitrogens is 1. The van der Waals surface area contributed by atoms with E-state index in [1.54, 1.807) is 12.3 Å². The third kappa shape index (κ3) is 3.89. The number of nitrogens with one attached hydrogen (secondary N) is 2. The zero-order valence-corrected chi connectivity index (χ0v) is 12.7. The fourth-order valence-corrected chi connectivity index (χ4v) is 2.24. The number of thiazole rings is 1. The molecule has 0 atom stereocenters. The fraction of sp³-hybridized carbons (Fsp3) is 0.143. The zero-order valence-electron chi connectivity index (χ0n) is 11.9. The Morgan fingerprint density at radius 2 is 1.73 bits per heavy atom. The molecular weight excluding hydrogens is 306 g/mol. The number of esters is 1. The molecule has 0 aliphatic heterocycles. The van der Waals surface area contributed by atoms with Gasteiger partial charge in [-0.05, 0) is 31.2 Å². The normalized spacial score (nSPS) is 9.91. The molecule has 2 N–H and O–H groups in total. The summed E-state index contributed by atoms with van der Waals surface area (Å²) in [5, 5.41) is 6.95. The van der Waals surface area contributed by atoms with E-state index in [9.17, 15) is 14.4 Å². The maximum absolute atomic E-state index is 11.8. The topological polar surface area (TPSA) is 97.4 Å². The van der Waals surface area contributed by atoms with E-state index in [1.165, 1.54) is 42.7 Å². The minimum atomic E-state index is -0.821. The first kappa shape index (κ1) is 15.6. The van der Waals surface area contributed by atoms with E-state index in [0.29, 0.717) is 16.4 Å². The number of amides is 2. The summed E-state index contributed by atoms with van der Waals surface area (Å²) in [6.45, 7) is 1.79. The highest BCUT2D eigenvalue weighted by molar-refractivity contribution is 7.14. The van der Waals surface area contributed by atoms with E-state index < -0.39 is 17.8 Å². The Morgan fingerprint density at radius 3 is 2.27 bits per heavy atom. The quantitative estimate of drug-likeness (QED) is 0.664. The number of hydrogen-bond donors (Lipinski definition) is 2. The molecule has 0 fully saturated rings. The predicted octanol–water partition coefficient (Wildman–Crippen LogP) is 1.82. The van der Waals surface area contributed by atoms with Gasteiger partial charge >= 0.3 is 17.8 Å². The first-order valence-electron chi connectivity index (χ1n) is 6.22. The van der Waals surface area contributed by atoms with Crippen molar-refractivity contribution in [3.05, 3.63) is 40.9 Å². The summed E-state index contributed by atoms with van der Waals surface area (Å²) in [5.74, 6) is -2.11. The highest BCUT2D eigenvalue weighted by atomic mass is 32.1. The molecule has 2 aromatic rings. The molecule has 1 aromatic carbocycles. The molecule has 0 saturated carbocycles. The summed E-state index contributed by atoms with van der Waals surface area (Å²) in [6, 6.07) is 5.99. The van der Waals surface area contributed by atoms with Crippen LogP contribution >= 0.6 is 11.3 Å². The van der Waals surface area contributed by atoms with Crippen molar-refractivity contribution in [2.24, 2.45) is 0 Å². The first-order valence-corrected chi connectivity index (χ1v) is 7.10. The SMILES string of the molecule is COC(=O)c1ccc(NC(=O)C(=O)Nc2nc(C)cs2)cc1. The van der Waals surface area contributed by atoms with Gasteiger partial charge in [0.1, 0.15) is 0 Å². The average Bonchev–Trinajstić information content (AvgIpc) is 2.92. The lowest BCUT2D eigenvalue weighted by atomic mass is 10.2. The summed E-state index contributed by atoms with van der Waals surface area (Å²) in [4.78, 5) is 38.8. The monoisotopic (exact) mass is 319 g/mol. The van der Waals surface area contributed by atoms with Crippen LogP contribution in [0.5, 0.6) is 0 Å². The second kappa shape index (κ2) is 6.81. The van der Waals surface area contributed by atoms with Crippen molar-refractivity contribution in [1.29, 1.82) is 0 Å². The van der Waals surface area contributed by atoms with Gasteiger partial charge in [-0.25, -0.2) is 9.78 Å². The smallest absolute Gasteiger partial charge is 0.337 e. The Labute approximate surface area is 130 Å². The highest BCUT2D eigenvalue weighted by Gasteiger charge is 2.15. The molecule has 22 heavy (non-hydrogen) atoms. The summed E-state index contributed by atoms with van der Waals surface area (Å²) < 4.78 is 4.57. The van der Waals surface area contributed by atoms with Crippen LogP contribution in [0.1, 0.15) is 16.1 Å². The van der Waals surface area contributed by atoms with Gasteiger partial charge in [-0.1, -0.05) is 0 Å². The Bertz CT molecular complexity index is 709. The highest BCUT2D eigenvalue weighted by Crippen LogP contribution is 2.14. The second-order valence-electron chi connectivity index (χ2n) is 4.27. The van der Waals surface area contributed by atoms with Gasteiger partial charge in [-0.15, -0.1) is 11.3 Å². The van der Waals surface area contributed by atoms with Crippen LogP contribution in [0, 0.1) is 6.92 Å². The Balaban J connectivity index is 1.96. The van der Waals surface area contributed by atoms with Crippen LogP contribution < -0.4 is 10.6 Å². The van der Waals surface area contributed by atoms with Gasteiger partial charge < -0.3 is 10.1 Å². The van der Waals surface area contributed by atoms with Crippen molar-refractivity contribution in [2.75, 3.05) is 17.7 Å². The van der Waals surface area contributed by atoms with Gasteiger partial charge in [0.05, 0.1) is 18.4 Å². The van der Waals surface area contributed by atoms with Crippen molar-refractivity contribution >= 4 is 39.9 Å². The van der Waals surface area contributed by atoms with E-state index in [-0.39, 0.29) is 0 Å². The fourth-order valence-electron chi connectivity index (χ4n) is 1.56. The number of aryl methyl sites for hydroxylation is 1. The minimum absolute atomic E-state index is 0.350. The van der Waals surface area contributed by atoms with E-state index in [4.69, 9.17) is 0 Å². The molecule has 2 amide bonds. The number of nitrogens with zero attached hydrogens (tertiary/aromatic N) is 1. The minimum Gasteiger partial charge on any atom is -0.465 e. The molecule has 8 heteroatoms. The third-order valence-corrected chi connectivity index (χ3v) is 3.49. The van der Waals surface area contributed by atoms with Crippen LogP contribution in [0.15, 0.2) is 29.6 Å². The van der Waals surface area contributed by atoms with Crippen LogP contribution in [-0.2, 0) is 14.3 Å². The Hall–Kier alpha value is -2.74. The molecule has 0 radical (unpaired) electrons. The molecule has 0 saturated heterocycles. The van der Waals surface area contributed by atoms with Gasteiger partial charge in [-0.2, -0.15) is 0 Å². The van der Waals surface area contributed by atoms with Crippen LogP contribution in [0.2, 0.25) is 0 Å². The molecule has 0 aliphatic carbocycles. The van der Waals surface area contributed by atoms with E-state index in [2.05, 4.69) is 20.4 Å². The molecule has 0 bridgehead atoms. The van der Waals surface area contributed by atoms with Crippen molar-refractivity contribution in [3.63, 3.8) is 0 Å². The molecular formula is C14H13N3O4S. The lowest BCUT2D eigenvalue weighted by molar-refractivity contribution is -0.132. The largest absolute Gasteiger partial charge is 0.465 e. The molecule has 0 unspecified atom stereocenters. The number of rotatable bonds is 3. The van der Waals surface area contributed by atoms with Gasteiger partial charge in [0, 0.05) is 11.1 Å². The molecule has 2 rings (SSSR count). The molecule has 114 valence electrons. The van der Waals surface area contributed by atoms with Crippen molar-refractivity contribution in [1.82, 2.24) is 4.98 Å². The summed E-state index contributed by atoms with van der Waals surface area (Å²) >= 11 is 1.23. The van der Waals surface area contributed by atoms with Crippen molar-refractivity contribution in [3.8, 4) is 0 Å². The van der Waals surface area contributed by atoms with E-state index in [0.717, 1.165) is 5.69 Å². The van der Waals surface area contributed by atoms with E-state index in [1.807, 2.05) is 0 Å². The maximum atomic E-state index is 11.8. The zero-order chi connectivity index (χ0) is 16.1. The lowest BCUT2D eigenvalue weighted by Gasteiger charge is -2.05. The lowest BCUT2D eigenvalue weighted by Crippen LogP contribution is -2.29. The number of carbonyl (C=O) groups excluding carboxylic acids is 3. The first-order chi connectivity index (χ1) is 10.5.